The molecule has 2 amide bonds. The molecule has 0 spiro atoms. The molecule has 19 heteroatoms. The maximum Gasteiger partial charge on any atom is 0.435 e. The Morgan fingerprint density at radius 3 is 2.54 bits per heavy atom. The van der Waals surface area contributed by atoms with Gasteiger partial charge in [0.1, 0.15) is 41.8 Å². The smallest absolute Gasteiger partial charge is 0.435 e. The molecular formula is C27H45N8O10P. The van der Waals surface area contributed by atoms with Crippen LogP contribution in [-0.4, -0.2) is 98.7 Å². The molecule has 0 radical (unpaired) electrons. The fourth-order valence-electron chi connectivity index (χ4n) is 4.99. The molecule has 2 fully saturated rings. The number of nitrogens with two attached hydrogens (primary N) is 2. The average molecular weight is 673 g/mol. The molecule has 258 valence electrons. The predicted octanol–water partition coefficient (Wildman–Crippen LogP) is 1.49. The molecule has 2 aliphatic rings. The van der Waals surface area contributed by atoms with Crippen LogP contribution >= 0.6 is 7.75 Å². The lowest BCUT2D eigenvalue weighted by Gasteiger charge is -2.26. The molecule has 2 aromatic rings. The Hall–Kier alpha value is -2.96. The number of ether oxygens (including phenoxy) is 4. The van der Waals surface area contributed by atoms with Crippen LogP contribution < -0.4 is 21.9 Å². The number of rotatable bonds is 15. The number of alkyl carbamates (subject to hydrolysis) is 1. The van der Waals surface area contributed by atoms with Gasteiger partial charge in [-0.2, -0.15) is 0 Å². The molecule has 7 N–H and O–H groups in total. The minimum Gasteiger partial charge on any atom is -0.444 e. The Kier molecular flexibility index (Phi) is 11.6. The summed E-state index contributed by atoms with van der Waals surface area (Å²) in [6.45, 7) is 7.79. The average Bonchev–Trinajstić information content (AvgIpc) is 3.63. The third-order valence-corrected chi connectivity index (χ3v) is 8.50. The van der Waals surface area contributed by atoms with Crippen LogP contribution in [0.15, 0.2) is 12.7 Å². The number of nitrogens with zero attached hydrogens (tertiary/aromatic N) is 4. The molecule has 0 saturated carbocycles. The molecule has 46 heavy (non-hydrogen) atoms. The van der Waals surface area contributed by atoms with Gasteiger partial charge < -0.3 is 40.8 Å². The van der Waals surface area contributed by atoms with Crippen LogP contribution in [0, 0.1) is 0 Å². The third kappa shape index (κ3) is 9.10. The minimum atomic E-state index is -4.39. The number of nitrogens with one attached hydrogen (secondary N) is 2. The number of hydrogen-bond acceptors (Lipinski definition) is 15. The lowest BCUT2D eigenvalue weighted by molar-refractivity contribution is -0.199. The number of nitrogen functional groups attached to an aromatic ring is 1. The van der Waals surface area contributed by atoms with Crippen LogP contribution in [-0.2, 0) is 37.4 Å². The van der Waals surface area contributed by atoms with Crippen LogP contribution in [0.25, 0.3) is 11.2 Å². The highest BCUT2D eigenvalue weighted by Crippen LogP contribution is 2.48. The van der Waals surface area contributed by atoms with Gasteiger partial charge in [0.05, 0.1) is 26.1 Å². The largest absolute Gasteiger partial charge is 0.444 e. The Morgan fingerprint density at radius 1 is 1.13 bits per heavy atom. The van der Waals surface area contributed by atoms with E-state index in [1.807, 2.05) is 0 Å². The second kappa shape index (κ2) is 14.9. The van der Waals surface area contributed by atoms with Gasteiger partial charge in [0.25, 0.3) is 5.91 Å². The minimum absolute atomic E-state index is 0.0135. The van der Waals surface area contributed by atoms with Gasteiger partial charge in [0.15, 0.2) is 23.5 Å². The molecule has 2 aromatic heterocycles. The van der Waals surface area contributed by atoms with E-state index < -0.39 is 68.3 Å². The van der Waals surface area contributed by atoms with E-state index in [2.05, 4.69) is 25.4 Å². The van der Waals surface area contributed by atoms with Crippen molar-refractivity contribution in [3.8, 4) is 0 Å². The monoisotopic (exact) mass is 672 g/mol. The first-order valence-electron chi connectivity index (χ1n) is 15.1. The maximum absolute atomic E-state index is 14.0. The van der Waals surface area contributed by atoms with Crippen molar-refractivity contribution in [2.45, 2.75) is 102 Å². The van der Waals surface area contributed by atoms with E-state index in [0.29, 0.717) is 24.1 Å². The number of aliphatic hydroxyl groups is 1. The molecule has 4 heterocycles. The lowest BCUT2D eigenvalue weighted by atomic mass is 10.1. The van der Waals surface area contributed by atoms with E-state index >= 15 is 0 Å². The van der Waals surface area contributed by atoms with Gasteiger partial charge in [0, 0.05) is 0 Å². The first-order valence-corrected chi connectivity index (χ1v) is 16.7. The Morgan fingerprint density at radius 2 is 1.85 bits per heavy atom. The van der Waals surface area contributed by atoms with Gasteiger partial charge in [-0.3, -0.25) is 23.5 Å². The summed E-state index contributed by atoms with van der Waals surface area (Å²) in [6, 6.07) is -1.51. The number of aromatic nitrogens is 4. The molecule has 6 atom stereocenters. The van der Waals surface area contributed by atoms with Crippen molar-refractivity contribution >= 4 is 36.7 Å². The molecule has 4 rings (SSSR count). The molecule has 0 bridgehead atoms. The summed E-state index contributed by atoms with van der Waals surface area (Å²) in [7, 11) is -4.39. The van der Waals surface area contributed by atoms with Gasteiger partial charge in [0.2, 0.25) is 0 Å². The Balaban J connectivity index is 1.49. The van der Waals surface area contributed by atoms with Crippen molar-refractivity contribution in [1.29, 1.82) is 0 Å². The van der Waals surface area contributed by atoms with E-state index in [4.69, 9.17) is 39.5 Å². The molecule has 0 aromatic carbocycles. The van der Waals surface area contributed by atoms with Crippen LogP contribution in [0.2, 0.25) is 0 Å². The fraction of sp³-hybridized carbons (Fsp3) is 0.741. The first kappa shape index (κ1) is 35.9. The van der Waals surface area contributed by atoms with E-state index in [1.54, 1.807) is 39.2 Å². The predicted molar refractivity (Wildman–Crippen MR) is 163 cm³/mol. The Labute approximate surface area is 266 Å². The summed E-state index contributed by atoms with van der Waals surface area (Å²) >= 11 is 0. The van der Waals surface area contributed by atoms with Crippen molar-refractivity contribution in [3.05, 3.63) is 12.7 Å². The van der Waals surface area contributed by atoms with E-state index in [1.165, 1.54) is 12.7 Å². The number of amides is 2. The summed E-state index contributed by atoms with van der Waals surface area (Å²) in [6.07, 6.45) is 1.83. The number of fused-ring (bicyclic) bond motifs is 2. The summed E-state index contributed by atoms with van der Waals surface area (Å²) in [4.78, 5) is 37.9. The van der Waals surface area contributed by atoms with Crippen molar-refractivity contribution in [3.63, 3.8) is 0 Å². The van der Waals surface area contributed by atoms with Crippen LogP contribution in [0.5, 0.6) is 0 Å². The Bertz CT molecular complexity index is 1400. The molecule has 2 saturated heterocycles. The van der Waals surface area contributed by atoms with Crippen LogP contribution in [0.3, 0.4) is 0 Å². The number of imidazole rings is 1. The SMILES string of the molecule is CC(C)(C)OC(=O)N[C@@H](CO)C(=O)NP(=O)(OCCCCCCN)OC[C@H]1O[C@@H](n2cnc3c(N)ncnc32)[C@@H]2OC(C)(C)O[C@@H]21. The highest BCUT2D eigenvalue weighted by molar-refractivity contribution is 7.52. The summed E-state index contributed by atoms with van der Waals surface area (Å²) < 4.78 is 50.7. The zero-order valence-electron chi connectivity index (χ0n) is 26.7. The number of carbonyl (C=O) groups is 2. The standard InChI is InChI=1S/C27H45N8O10P/c1-26(2,3)45-25(38)33-16(12-36)23(37)34-46(39,40-11-9-7-6-8-10-28)41-13-17-19-20(44-27(4,5)43-19)24(42-17)35-15-32-18-21(29)30-14-31-22(18)35/h14-17,19-20,24,36H,6-13,28H2,1-5H3,(H,33,38)(H2,29,30,31)(H,34,37,39)/t16-,17+,19+,20+,24+,46?/m0/s1. The maximum atomic E-state index is 14.0. The van der Waals surface area contributed by atoms with Crippen molar-refractivity contribution in [2.24, 2.45) is 5.73 Å². The quantitative estimate of drug-likeness (QED) is 0.133. The topological polar surface area (TPSA) is 247 Å². The molecule has 1 unspecified atom stereocenters. The number of carbonyl (C=O) groups excluding carboxylic acids is 2. The van der Waals surface area contributed by atoms with Gasteiger partial charge in [-0.25, -0.2) is 24.3 Å². The van der Waals surface area contributed by atoms with Crippen molar-refractivity contribution in [2.75, 3.05) is 32.1 Å². The van der Waals surface area contributed by atoms with Crippen LogP contribution in [0.4, 0.5) is 10.6 Å². The molecule has 2 aliphatic heterocycles. The second-order valence-electron chi connectivity index (χ2n) is 12.4. The summed E-state index contributed by atoms with van der Waals surface area (Å²) in [5.41, 5.74) is 11.5. The zero-order valence-corrected chi connectivity index (χ0v) is 27.6. The second-order valence-corrected chi connectivity index (χ2v) is 14.1. The van der Waals surface area contributed by atoms with E-state index in [9.17, 15) is 19.3 Å². The zero-order chi connectivity index (χ0) is 33.7. The molecule has 18 nitrogen and oxygen atoms in total. The van der Waals surface area contributed by atoms with Crippen LogP contribution in [0.1, 0.15) is 66.5 Å². The number of aliphatic hydroxyl groups excluding tert-OH is 1. The highest BCUT2D eigenvalue weighted by Gasteiger charge is 2.56. The molecule has 0 aliphatic carbocycles. The third-order valence-electron chi connectivity index (χ3n) is 6.99. The molecular weight excluding hydrogens is 627 g/mol. The number of hydrogen-bond donors (Lipinski definition) is 5. The lowest BCUT2D eigenvalue weighted by Crippen LogP contribution is -2.49. The van der Waals surface area contributed by atoms with E-state index in [0.717, 1.165) is 19.3 Å². The summed E-state index contributed by atoms with van der Waals surface area (Å²) in [5, 5.41) is 14.3. The highest BCUT2D eigenvalue weighted by atomic mass is 31.2. The first-order chi connectivity index (χ1) is 21.6. The van der Waals surface area contributed by atoms with Crippen molar-refractivity contribution in [1.82, 2.24) is 29.9 Å². The van der Waals surface area contributed by atoms with Gasteiger partial charge >= 0.3 is 13.8 Å². The van der Waals surface area contributed by atoms with E-state index in [-0.39, 0.29) is 19.0 Å². The summed E-state index contributed by atoms with van der Waals surface area (Å²) in [5.74, 6) is -1.80. The van der Waals surface area contributed by atoms with Crippen molar-refractivity contribution < 1.29 is 47.3 Å². The number of anilines is 1. The fourth-order valence-corrected chi connectivity index (χ4v) is 6.33. The van der Waals surface area contributed by atoms with Gasteiger partial charge in [-0.15, -0.1) is 0 Å². The number of unbranched alkanes of at least 4 members (excludes halogenated alkanes) is 3. The van der Waals surface area contributed by atoms with Gasteiger partial charge in [-0.05, 0) is 54.0 Å². The normalized spacial score (nSPS) is 24.3. The van der Waals surface area contributed by atoms with Gasteiger partial charge in [-0.1, -0.05) is 12.8 Å².